The predicted octanol–water partition coefficient (Wildman–Crippen LogP) is 2.11. The Morgan fingerprint density at radius 1 is 1.38 bits per heavy atom. The Morgan fingerprint density at radius 3 is 2.56 bits per heavy atom. The van der Waals surface area contributed by atoms with E-state index in [1.54, 1.807) is 18.5 Å². The Bertz CT molecular complexity index is 305. The molecule has 1 aromatic heterocycles. The van der Waals surface area contributed by atoms with Crippen molar-refractivity contribution in [3.8, 4) is 0 Å². The fourth-order valence-corrected chi connectivity index (χ4v) is 1.79. The normalized spacial score (nSPS) is 13.8. The topological polar surface area (TPSA) is 37.8 Å². The molecule has 0 aliphatic carbocycles. The number of nitrogens with one attached hydrogen (secondary N) is 1. The second-order valence-electron chi connectivity index (χ2n) is 3.21. The van der Waals surface area contributed by atoms with Crippen LogP contribution in [0, 0.1) is 0 Å². The first-order valence-corrected chi connectivity index (χ1v) is 5.56. The van der Waals surface area contributed by atoms with Gasteiger partial charge in [-0.3, -0.25) is 0 Å². The van der Waals surface area contributed by atoms with Crippen molar-refractivity contribution in [2.45, 2.75) is 23.5 Å². The molecule has 90 valence electrons. The molecule has 0 aliphatic heterocycles. The highest BCUT2D eigenvalue weighted by Gasteiger charge is 2.26. The first-order chi connectivity index (χ1) is 7.47. The summed E-state index contributed by atoms with van der Waals surface area (Å²) in [6, 6.07) is 1.69. The fourth-order valence-electron chi connectivity index (χ4n) is 0.985. The molecule has 1 aromatic rings. The van der Waals surface area contributed by atoms with Crippen molar-refractivity contribution in [3.05, 3.63) is 18.5 Å². The number of thioether (sulfide) groups is 1. The van der Waals surface area contributed by atoms with E-state index in [-0.39, 0.29) is 11.8 Å². The average molecular weight is 251 g/mol. The number of halogens is 3. The summed E-state index contributed by atoms with van der Waals surface area (Å²) in [6.45, 7) is 1.13. The highest BCUT2D eigenvalue weighted by Crippen LogP contribution is 2.18. The zero-order chi connectivity index (χ0) is 12.0. The lowest BCUT2D eigenvalue weighted by molar-refractivity contribution is -0.124. The number of aromatic nitrogens is 2. The van der Waals surface area contributed by atoms with Crippen molar-refractivity contribution in [1.29, 1.82) is 0 Å². The molecule has 1 unspecified atom stereocenters. The lowest BCUT2D eigenvalue weighted by Crippen LogP contribution is -2.32. The Labute approximate surface area is 95.9 Å². The third-order valence-corrected chi connectivity index (χ3v) is 2.60. The van der Waals surface area contributed by atoms with Crippen LogP contribution in [0.5, 0.6) is 0 Å². The van der Waals surface area contributed by atoms with E-state index in [0.717, 1.165) is 0 Å². The third kappa shape index (κ3) is 5.92. The Kier molecular flexibility index (Phi) is 5.01. The van der Waals surface area contributed by atoms with E-state index >= 15 is 0 Å². The summed E-state index contributed by atoms with van der Waals surface area (Å²) in [4.78, 5) is 7.95. The van der Waals surface area contributed by atoms with E-state index in [9.17, 15) is 13.2 Å². The molecule has 0 aromatic carbocycles. The molecule has 0 fully saturated rings. The van der Waals surface area contributed by atoms with Gasteiger partial charge in [0.1, 0.15) is 0 Å². The average Bonchev–Trinajstić information content (AvgIpc) is 2.17. The van der Waals surface area contributed by atoms with Crippen LogP contribution in [0.25, 0.3) is 0 Å². The summed E-state index contributed by atoms with van der Waals surface area (Å²) < 4.78 is 35.5. The molecule has 3 nitrogen and oxygen atoms in total. The molecular weight excluding hydrogens is 239 g/mol. The summed E-state index contributed by atoms with van der Waals surface area (Å²) in [7, 11) is 0. The maximum atomic E-state index is 11.8. The summed E-state index contributed by atoms with van der Waals surface area (Å²) in [6.07, 6.45) is -0.954. The van der Waals surface area contributed by atoms with Gasteiger partial charge in [-0.2, -0.15) is 13.2 Å². The number of nitrogens with zero attached hydrogens (tertiary/aromatic N) is 2. The quantitative estimate of drug-likeness (QED) is 0.642. The first-order valence-electron chi connectivity index (χ1n) is 4.68. The summed E-state index contributed by atoms with van der Waals surface area (Å²) >= 11 is 1.34. The number of hydrogen-bond acceptors (Lipinski definition) is 4. The molecule has 16 heavy (non-hydrogen) atoms. The molecule has 0 spiro atoms. The van der Waals surface area contributed by atoms with Gasteiger partial charge in [-0.1, -0.05) is 18.7 Å². The van der Waals surface area contributed by atoms with E-state index in [0.29, 0.717) is 5.16 Å². The lowest BCUT2D eigenvalue weighted by atomic mass is 10.4. The predicted molar refractivity (Wildman–Crippen MR) is 56.3 cm³/mol. The van der Waals surface area contributed by atoms with Gasteiger partial charge in [0.25, 0.3) is 0 Å². The Morgan fingerprint density at radius 2 is 2.00 bits per heavy atom. The Hall–Kier alpha value is -0.820. The smallest absolute Gasteiger partial charge is 0.308 e. The summed E-state index contributed by atoms with van der Waals surface area (Å²) in [5.41, 5.74) is 0. The van der Waals surface area contributed by atoms with Crippen LogP contribution < -0.4 is 5.32 Å². The van der Waals surface area contributed by atoms with Crippen LogP contribution in [0.15, 0.2) is 23.6 Å². The highest BCUT2D eigenvalue weighted by atomic mass is 32.2. The monoisotopic (exact) mass is 251 g/mol. The van der Waals surface area contributed by atoms with Gasteiger partial charge in [-0.15, -0.1) is 0 Å². The van der Waals surface area contributed by atoms with Crippen LogP contribution in [0.3, 0.4) is 0 Å². The van der Waals surface area contributed by atoms with Gasteiger partial charge in [0.2, 0.25) is 0 Å². The molecule has 1 atom stereocenters. The van der Waals surface area contributed by atoms with Crippen molar-refractivity contribution in [3.63, 3.8) is 0 Å². The standard InChI is InChI=1S/C9H12F3N3S/c1-7(5-13-6-9(10,11)12)16-8-14-3-2-4-15-8/h2-4,7,13H,5-6H2,1H3. The lowest BCUT2D eigenvalue weighted by Gasteiger charge is -2.12. The fraction of sp³-hybridized carbons (Fsp3) is 0.556. The molecule has 0 saturated carbocycles. The SMILES string of the molecule is CC(CNCC(F)(F)F)Sc1ncccn1. The van der Waals surface area contributed by atoms with Gasteiger partial charge in [0.05, 0.1) is 6.54 Å². The van der Waals surface area contributed by atoms with Crippen molar-refractivity contribution >= 4 is 11.8 Å². The summed E-state index contributed by atoms with van der Waals surface area (Å²) in [5, 5.41) is 2.91. The minimum absolute atomic E-state index is 0.00949. The largest absolute Gasteiger partial charge is 0.401 e. The number of hydrogen-bond donors (Lipinski definition) is 1. The third-order valence-electron chi connectivity index (χ3n) is 1.61. The number of alkyl halides is 3. The molecule has 0 aliphatic rings. The van der Waals surface area contributed by atoms with Crippen LogP contribution in [0.2, 0.25) is 0 Å². The molecule has 0 bridgehead atoms. The second-order valence-corrected chi connectivity index (χ2v) is 4.61. The van der Waals surface area contributed by atoms with Crippen molar-refractivity contribution in [2.75, 3.05) is 13.1 Å². The maximum absolute atomic E-state index is 11.8. The minimum atomic E-state index is -4.16. The molecule has 1 rings (SSSR count). The molecule has 1 N–H and O–H groups in total. The molecule has 1 heterocycles. The molecule has 0 radical (unpaired) electrons. The van der Waals surface area contributed by atoms with Gasteiger partial charge < -0.3 is 5.32 Å². The molecule has 7 heteroatoms. The molecular formula is C9H12F3N3S. The Balaban J connectivity index is 2.24. The van der Waals surface area contributed by atoms with Gasteiger partial charge >= 0.3 is 6.18 Å². The van der Waals surface area contributed by atoms with Crippen LogP contribution >= 0.6 is 11.8 Å². The summed E-state index contributed by atoms with van der Waals surface area (Å²) in [5.74, 6) is 0. The molecule has 0 amide bonds. The van der Waals surface area contributed by atoms with E-state index < -0.39 is 12.7 Å². The minimum Gasteiger partial charge on any atom is -0.308 e. The van der Waals surface area contributed by atoms with Crippen LogP contribution in [0.4, 0.5) is 13.2 Å². The van der Waals surface area contributed by atoms with Gasteiger partial charge in [-0.25, -0.2) is 9.97 Å². The van der Waals surface area contributed by atoms with Crippen LogP contribution in [0.1, 0.15) is 6.92 Å². The number of rotatable bonds is 5. The second kappa shape index (κ2) is 6.05. The first kappa shape index (κ1) is 13.2. The van der Waals surface area contributed by atoms with Gasteiger partial charge in [0.15, 0.2) is 5.16 Å². The van der Waals surface area contributed by atoms with Crippen molar-refractivity contribution in [1.82, 2.24) is 15.3 Å². The highest BCUT2D eigenvalue weighted by molar-refractivity contribution is 7.99. The van der Waals surface area contributed by atoms with Gasteiger partial charge in [0, 0.05) is 24.2 Å². The van der Waals surface area contributed by atoms with E-state index in [4.69, 9.17) is 0 Å². The molecule has 0 saturated heterocycles. The van der Waals surface area contributed by atoms with E-state index in [1.807, 2.05) is 6.92 Å². The van der Waals surface area contributed by atoms with Crippen LogP contribution in [-0.2, 0) is 0 Å². The van der Waals surface area contributed by atoms with Gasteiger partial charge in [-0.05, 0) is 6.07 Å². The zero-order valence-corrected chi connectivity index (χ0v) is 9.48. The maximum Gasteiger partial charge on any atom is 0.401 e. The van der Waals surface area contributed by atoms with Crippen molar-refractivity contribution in [2.24, 2.45) is 0 Å². The van der Waals surface area contributed by atoms with E-state index in [1.165, 1.54) is 11.8 Å². The zero-order valence-electron chi connectivity index (χ0n) is 8.66. The van der Waals surface area contributed by atoms with E-state index in [2.05, 4.69) is 15.3 Å². The van der Waals surface area contributed by atoms with Crippen LogP contribution in [-0.4, -0.2) is 34.5 Å². The van der Waals surface area contributed by atoms with Crippen molar-refractivity contribution < 1.29 is 13.2 Å².